The topological polar surface area (TPSA) is 116 Å². The van der Waals surface area contributed by atoms with Crippen LogP contribution in [0.5, 0.6) is 11.8 Å². The molecule has 1 aliphatic rings. The molecule has 3 aromatic heterocycles. The third-order valence-corrected chi connectivity index (χ3v) is 7.14. The van der Waals surface area contributed by atoms with Gasteiger partial charge in [0.2, 0.25) is 11.8 Å². The first-order chi connectivity index (χ1) is 18.5. The maximum absolute atomic E-state index is 13.4. The standard InChI is InChI=1S/C29H30N4O5/c1-37-25-5-3-4-24(32-25)19-8-6-18(7-9-19)17-33-15-14-22-26(33)23(16-30-28(22)38-2)27(34)31-21-12-10-20(11-13-21)29(35)36/h3-9,14-16,20-21H,10-13,17H2,1-2H3,(H,31,34)(H,35,36). The van der Waals surface area contributed by atoms with Crippen molar-refractivity contribution in [3.8, 4) is 23.0 Å². The van der Waals surface area contributed by atoms with E-state index in [1.165, 1.54) is 0 Å². The monoisotopic (exact) mass is 514 g/mol. The van der Waals surface area contributed by atoms with Crippen LogP contribution in [-0.4, -0.2) is 51.8 Å². The number of nitrogens with zero attached hydrogens (tertiary/aromatic N) is 3. The number of fused-ring (bicyclic) bond motifs is 1. The van der Waals surface area contributed by atoms with E-state index in [9.17, 15) is 14.7 Å². The quantitative estimate of drug-likeness (QED) is 0.355. The molecule has 5 rings (SSSR count). The molecule has 0 radical (unpaired) electrons. The fraction of sp³-hybridized carbons (Fsp3) is 0.310. The van der Waals surface area contributed by atoms with Crippen LogP contribution < -0.4 is 14.8 Å². The number of ether oxygens (including phenoxy) is 2. The minimum Gasteiger partial charge on any atom is -0.481 e. The van der Waals surface area contributed by atoms with Gasteiger partial charge in [0.25, 0.3) is 5.91 Å². The van der Waals surface area contributed by atoms with Gasteiger partial charge in [0, 0.05) is 36.6 Å². The molecule has 1 amide bonds. The second kappa shape index (κ2) is 10.9. The third kappa shape index (κ3) is 5.18. The molecule has 0 spiro atoms. The number of aliphatic carboxylic acids is 1. The lowest BCUT2D eigenvalue weighted by atomic mass is 9.86. The van der Waals surface area contributed by atoms with Crippen molar-refractivity contribution in [2.45, 2.75) is 38.3 Å². The van der Waals surface area contributed by atoms with E-state index in [0.717, 1.165) is 27.7 Å². The molecule has 196 valence electrons. The summed E-state index contributed by atoms with van der Waals surface area (Å²) in [6.07, 6.45) is 5.90. The summed E-state index contributed by atoms with van der Waals surface area (Å²) in [5.41, 5.74) is 4.07. The molecule has 1 fully saturated rings. The summed E-state index contributed by atoms with van der Waals surface area (Å²) in [5, 5.41) is 13.1. The molecule has 4 aromatic rings. The van der Waals surface area contributed by atoms with Gasteiger partial charge >= 0.3 is 5.97 Å². The average molecular weight is 515 g/mol. The normalized spacial score (nSPS) is 17.2. The molecular weight excluding hydrogens is 484 g/mol. The van der Waals surface area contributed by atoms with Crippen molar-refractivity contribution in [2.75, 3.05) is 14.2 Å². The van der Waals surface area contributed by atoms with Crippen molar-refractivity contribution >= 4 is 22.8 Å². The predicted octanol–water partition coefficient (Wildman–Crippen LogP) is 4.54. The van der Waals surface area contributed by atoms with Crippen LogP contribution in [0.3, 0.4) is 0 Å². The summed E-state index contributed by atoms with van der Waals surface area (Å²) in [5.74, 6) is -0.295. The molecule has 2 N–H and O–H groups in total. The largest absolute Gasteiger partial charge is 0.481 e. The number of carbonyl (C=O) groups excluding carboxylic acids is 1. The minimum atomic E-state index is -0.763. The van der Waals surface area contributed by atoms with Crippen LogP contribution in [0.4, 0.5) is 0 Å². The highest BCUT2D eigenvalue weighted by Gasteiger charge is 2.28. The summed E-state index contributed by atoms with van der Waals surface area (Å²) in [6, 6.07) is 15.6. The van der Waals surface area contributed by atoms with Crippen molar-refractivity contribution in [1.29, 1.82) is 0 Å². The van der Waals surface area contributed by atoms with E-state index in [2.05, 4.69) is 15.3 Å². The minimum absolute atomic E-state index is 0.0589. The zero-order valence-electron chi connectivity index (χ0n) is 21.4. The Balaban J connectivity index is 1.38. The van der Waals surface area contributed by atoms with Crippen molar-refractivity contribution < 1.29 is 24.2 Å². The van der Waals surface area contributed by atoms with Gasteiger partial charge in [-0.1, -0.05) is 30.3 Å². The number of hydrogen-bond donors (Lipinski definition) is 2. The predicted molar refractivity (Wildman–Crippen MR) is 142 cm³/mol. The van der Waals surface area contributed by atoms with Crippen LogP contribution in [-0.2, 0) is 11.3 Å². The summed E-state index contributed by atoms with van der Waals surface area (Å²) in [4.78, 5) is 33.5. The highest BCUT2D eigenvalue weighted by Crippen LogP contribution is 2.30. The van der Waals surface area contributed by atoms with Crippen LogP contribution >= 0.6 is 0 Å². The lowest BCUT2D eigenvalue weighted by Gasteiger charge is -2.27. The molecule has 1 aliphatic carbocycles. The first kappa shape index (κ1) is 25.3. The highest BCUT2D eigenvalue weighted by molar-refractivity contribution is 6.07. The number of nitrogens with one attached hydrogen (secondary N) is 1. The summed E-state index contributed by atoms with van der Waals surface area (Å²) in [6.45, 7) is 0.548. The molecule has 38 heavy (non-hydrogen) atoms. The molecule has 9 nitrogen and oxygen atoms in total. The van der Waals surface area contributed by atoms with Crippen LogP contribution in [0.2, 0.25) is 0 Å². The Hall–Kier alpha value is -4.40. The number of benzene rings is 1. The lowest BCUT2D eigenvalue weighted by molar-refractivity contribution is -0.142. The Labute approximate surface area is 220 Å². The number of rotatable bonds is 8. The van der Waals surface area contributed by atoms with E-state index in [1.54, 1.807) is 20.4 Å². The third-order valence-electron chi connectivity index (χ3n) is 7.14. The van der Waals surface area contributed by atoms with Gasteiger partial charge in [0.15, 0.2) is 0 Å². The van der Waals surface area contributed by atoms with E-state index in [4.69, 9.17) is 9.47 Å². The van der Waals surface area contributed by atoms with Crippen molar-refractivity contribution in [1.82, 2.24) is 19.9 Å². The zero-order chi connectivity index (χ0) is 26.6. The van der Waals surface area contributed by atoms with E-state index in [1.807, 2.05) is 59.3 Å². The Bertz CT molecular complexity index is 1460. The molecule has 0 saturated heterocycles. The van der Waals surface area contributed by atoms with Crippen LogP contribution in [0, 0.1) is 5.92 Å². The summed E-state index contributed by atoms with van der Waals surface area (Å²) < 4.78 is 12.7. The van der Waals surface area contributed by atoms with Crippen LogP contribution in [0.1, 0.15) is 41.6 Å². The Morgan fingerprint density at radius 3 is 2.47 bits per heavy atom. The van der Waals surface area contributed by atoms with Gasteiger partial charge < -0.3 is 24.5 Å². The number of methoxy groups -OCH3 is 2. The number of amides is 1. The Kier molecular flexibility index (Phi) is 7.26. The number of carboxylic acids is 1. The highest BCUT2D eigenvalue weighted by atomic mass is 16.5. The number of pyridine rings is 2. The van der Waals surface area contributed by atoms with Gasteiger partial charge in [-0.25, -0.2) is 9.97 Å². The molecule has 0 atom stereocenters. The molecule has 1 aromatic carbocycles. The summed E-state index contributed by atoms with van der Waals surface area (Å²) in [7, 11) is 3.16. The molecule has 1 saturated carbocycles. The van der Waals surface area contributed by atoms with Crippen molar-refractivity contribution in [3.63, 3.8) is 0 Å². The molecule has 0 unspecified atom stereocenters. The van der Waals surface area contributed by atoms with E-state index in [0.29, 0.717) is 49.6 Å². The van der Waals surface area contributed by atoms with Gasteiger partial charge in [-0.15, -0.1) is 0 Å². The SMILES string of the molecule is COc1cccc(-c2ccc(Cn3ccc4c(OC)ncc(C(=O)NC5CCC(C(=O)O)CC5)c43)cc2)n1. The molecule has 0 bridgehead atoms. The molecule has 9 heteroatoms. The second-order valence-electron chi connectivity index (χ2n) is 9.51. The molecule has 0 aliphatic heterocycles. The van der Waals surface area contributed by atoms with Gasteiger partial charge in [0.05, 0.1) is 42.3 Å². The molecule has 3 heterocycles. The molecular formula is C29H30N4O5. The number of hydrogen-bond acceptors (Lipinski definition) is 6. The maximum atomic E-state index is 13.4. The fourth-order valence-electron chi connectivity index (χ4n) is 5.07. The van der Waals surface area contributed by atoms with Gasteiger partial charge in [-0.3, -0.25) is 9.59 Å². The zero-order valence-corrected chi connectivity index (χ0v) is 21.4. The van der Waals surface area contributed by atoms with E-state index >= 15 is 0 Å². The Morgan fingerprint density at radius 1 is 1.03 bits per heavy atom. The average Bonchev–Trinajstić information content (AvgIpc) is 3.37. The maximum Gasteiger partial charge on any atom is 0.306 e. The van der Waals surface area contributed by atoms with E-state index in [-0.39, 0.29) is 17.9 Å². The second-order valence-corrected chi connectivity index (χ2v) is 9.51. The summed E-state index contributed by atoms with van der Waals surface area (Å²) >= 11 is 0. The lowest BCUT2D eigenvalue weighted by Crippen LogP contribution is -2.39. The number of aromatic nitrogens is 3. The van der Waals surface area contributed by atoms with E-state index < -0.39 is 5.97 Å². The van der Waals surface area contributed by atoms with Crippen molar-refractivity contribution in [3.05, 3.63) is 72.1 Å². The van der Waals surface area contributed by atoms with Gasteiger partial charge in [0.1, 0.15) is 0 Å². The van der Waals surface area contributed by atoms with Crippen LogP contribution in [0.15, 0.2) is 60.9 Å². The van der Waals surface area contributed by atoms with Crippen LogP contribution in [0.25, 0.3) is 22.2 Å². The van der Waals surface area contributed by atoms with Gasteiger partial charge in [-0.2, -0.15) is 0 Å². The fourth-order valence-corrected chi connectivity index (χ4v) is 5.07. The van der Waals surface area contributed by atoms with Gasteiger partial charge in [-0.05, 0) is 43.4 Å². The Morgan fingerprint density at radius 2 is 1.79 bits per heavy atom. The number of carboxylic acid groups (broad SMARTS) is 1. The first-order valence-electron chi connectivity index (χ1n) is 12.6. The smallest absolute Gasteiger partial charge is 0.306 e. The number of carbonyl (C=O) groups is 2. The van der Waals surface area contributed by atoms with Crippen molar-refractivity contribution in [2.24, 2.45) is 5.92 Å². The first-order valence-corrected chi connectivity index (χ1v) is 12.6.